The lowest BCUT2D eigenvalue weighted by Gasteiger charge is -2.34. The van der Waals surface area contributed by atoms with Crippen LogP contribution >= 0.6 is 0 Å². The fourth-order valence-electron chi connectivity index (χ4n) is 3.45. The Labute approximate surface area is 177 Å². The number of piperazine rings is 1. The second-order valence-electron chi connectivity index (χ2n) is 8.72. The van der Waals surface area contributed by atoms with Crippen molar-refractivity contribution in [2.75, 3.05) is 45.9 Å². The van der Waals surface area contributed by atoms with Gasteiger partial charge in [0.25, 0.3) is 5.91 Å². The average Bonchev–Trinajstić information content (AvgIpc) is 2.70. The summed E-state index contributed by atoms with van der Waals surface area (Å²) >= 11 is 0. The molecule has 5 heteroatoms. The van der Waals surface area contributed by atoms with Gasteiger partial charge in [0, 0.05) is 45.0 Å². The Hall–Kier alpha value is -1.43. The molecule has 164 valence electrons. The summed E-state index contributed by atoms with van der Waals surface area (Å²) < 4.78 is 11.3. The number of benzene rings is 1. The van der Waals surface area contributed by atoms with Crippen molar-refractivity contribution < 1.29 is 14.3 Å². The van der Waals surface area contributed by atoms with Crippen LogP contribution in [0.5, 0.6) is 0 Å². The summed E-state index contributed by atoms with van der Waals surface area (Å²) in [5.74, 6) is 0.679. The van der Waals surface area contributed by atoms with Crippen molar-refractivity contribution in [1.82, 2.24) is 9.80 Å². The normalized spacial score (nSPS) is 15.4. The van der Waals surface area contributed by atoms with Gasteiger partial charge in [0.15, 0.2) is 0 Å². The standard InChI is InChI=1S/C24H40N2O3/c1-20(2)18-28-19-22-8-10-23(11-9-22)24(27)26-15-13-25(14-16-26)12-6-5-7-17-29-21(3)4/h8-11,20-21H,5-7,12-19H2,1-4H3. The number of carbonyl (C=O) groups excluding carboxylic acids is 1. The third kappa shape index (κ3) is 9.28. The topological polar surface area (TPSA) is 42.0 Å². The van der Waals surface area contributed by atoms with Crippen molar-refractivity contribution in [2.24, 2.45) is 5.92 Å². The minimum absolute atomic E-state index is 0.144. The maximum atomic E-state index is 12.8. The number of amides is 1. The number of hydrogen-bond donors (Lipinski definition) is 0. The lowest BCUT2D eigenvalue weighted by atomic mass is 10.1. The van der Waals surface area contributed by atoms with Crippen LogP contribution in [0.15, 0.2) is 24.3 Å². The molecule has 1 aliphatic rings. The highest BCUT2D eigenvalue weighted by molar-refractivity contribution is 5.94. The smallest absolute Gasteiger partial charge is 0.253 e. The van der Waals surface area contributed by atoms with Crippen molar-refractivity contribution in [3.63, 3.8) is 0 Å². The molecule has 1 aromatic carbocycles. The minimum Gasteiger partial charge on any atom is -0.379 e. The predicted octanol–water partition coefficient (Wildman–Crippen LogP) is 4.21. The van der Waals surface area contributed by atoms with Crippen LogP contribution in [0.2, 0.25) is 0 Å². The maximum Gasteiger partial charge on any atom is 0.253 e. The molecule has 1 aromatic rings. The van der Waals surface area contributed by atoms with Crippen molar-refractivity contribution in [3.05, 3.63) is 35.4 Å². The van der Waals surface area contributed by atoms with Gasteiger partial charge in [-0.2, -0.15) is 0 Å². The van der Waals surface area contributed by atoms with E-state index in [1.165, 1.54) is 12.8 Å². The van der Waals surface area contributed by atoms with Gasteiger partial charge in [-0.25, -0.2) is 0 Å². The molecule has 0 radical (unpaired) electrons. The summed E-state index contributed by atoms with van der Waals surface area (Å²) in [6.07, 6.45) is 3.87. The van der Waals surface area contributed by atoms with E-state index in [2.05, 4.69) is 32.6 Å². The molecule has 1 aliphatic heterocycles. The minimum atomic E-state index is 0.144. The van der Waals surface area contributed by atoms with Crippen molar-refractivity contribution in [3.8, 4) is 0 Å². The molecule has 0 aliphatic carbocycles. The first kappa shape index (κ1) is 23.8. The van der Waals surface area contributed by atoms with E-state index >= 15 is 0 Å². The maximum absolute atomic E-state index is 12.8. The number of carbonyl (C=O) groups is 1. The highest BCUT2D eigenvalue weighted by Gasteiger charge is 2.21. The van der Waals surface area contributed by atoms with Gasteiger partial charge in [0.05, 0.1) is 12.7 Å². The van der Waals surface area contributed by atoms with Gasteiger partial charge in [-0.1, -0.05) is 26.0 Å². The molecular formula is C24H40N2O3. The SMILES string of the molecule is CC(C)COCc1ccc(C(=O)N2CCN(CCCCCOC(C)C)CC2)cc1. The average molecular weight is 405 g/mol. The van der Waals surface area contributed by atoms with E-state index in [1.807, 2.05) is 29.2 Å². The summed E-state index contributed by atoms with van der Waals surface area (Å²) in [6, 6.07) is 7.88. The zero-order valence-corrected chi connectivity index (χ0v) is 18.9. The molecule has 0 N–H and O–H groups in total. The first-order chi connectivity index (χ1) is 14.0. The van der Waals surface area contributed by atoms with E-state index in [4.69, 9.17) is 9.47 Å². The quantitative estimate of drug-likeness (QED) is 0.489. The number of rotatable bonds is 12. The summed E-state index contributed by atoms with van der Waals surface area (Å²) in [6.45, 7) is 15.4. The highest BCUT2D eigenvalue weighted by atomic mass is 16.5. The van der Waals surface area contributed by atoms with Crippen LogP contribution in [0.3, 0.4) is 0 Å². The molecule has 5 nitrogen and oxygen atoms in total. The molecule has 0 aromatic heterocycles. The van der Waals surface area contributed by atoms with Crippen LogP contribution in [0.1, 0.15) is 62.9 Å². The highest BCUT2D eigenvalue weighted by Crippen LogP contribution is 2.12. The van der Waals surface area contributed by atoms with Crippen molar-refractivity contribution >= 4 is 5.91 Å². The van der Waals surface area contributed by atoms with Gasteiger partial charge in [-0.05, 0) is 63.3 Å². The molecule has 0 saturated carbocycles. The van der Waals surface area contributed by atoms with E-state index in [0.717, 1.165) is 63.5 Å². The molecule has 1 fully saturated rings. The van der Waals surface area contributed by atoms with Gasteiger partial charge in [-0.15, -0.1) is 0 Å². The van der Waals surface area contributed by atoms with E-state index in [-0.39, 0.29) is 5.91 Å². The summed E-state index contributed by atoms with van der Waals surface area (Å²) in [7, 11) is 0. The molecule has 29 heavy (non-hydrogen) atoms. The zero-order valence-electron chi connectivity index (χ0n) is 18.9. The Bertz CT molecular complexity index is 578. The number of ether oxygens (including phenoxy) is 2. The van der Waals surface area contributed by atoms with Crippen LogP contribution in [-0.2, 0) is 16.1 Å². The molecule has 1 heterocycles. The van der Waals surface area contributed by atoms with Gasteiger partial charge < -0.3 is 14.4 Å². The Morgan fingerprint density at radius 3 is 2.28 bits per heavy atom. The van der Waals surface area contributed by atoms with Crippen LogP contribution in [0.25, 0.3) is 0 Å². The Balaban J connectivity index is 1.65. The van der Waals surface area contributed by atoms with Crippen LogP contribution in [-0.4, -0.2) is 67.7 Å². The fraction of sp³-hybridized carbons (Fsp3) is 0.708. The number of hydrogen-bond acceptors (Lipinski definition) is 4. The largest absolute Gasteiger partial charge is 0.379 e. The van der Waals surface area contributed by atoms with Gasteiger partial charge in [0.2, 0.25) is 0 Å². The van der Waals surface area contributed by atoms with E-state index < -0.39 is 0 Å². The molecule has 0 unspecified atom stereocenters. The summed E-state index contributed by atoms with van der Waals surface area (Å²) in [4.78, 5) is 17.2. The summed E-state index contributed by atoms with van der Waals surface area (Å²) in [5.41, 5.74) is 1.89. The van der Waals surface area contributed by atoms with E-state index in [9.17, 15) is 4.79 Å². The van der Waals surface area contributed by atoms with E-state index in [0.29, 0.717) is 18.6 Å². The lowest BCUT2D eigenvalue weighted by Crippen LogP contribution is -2.48. The first-order valence-electron chi connectivity index (χ1n) is 11.3. The molecule has 0 bridgehead atoms. The Morgan fingerprint density at radius 2 is 1.66 bits per heavy atom. The van der Waals surface area contributed by atoms with Crippen molar-refractivity contribution in [2.45, 2.75) is 59.7 Å². The van der Waals surface area contributed by atoms with Gasteiger partial charge >= 0.3 is 0 Å². The number of nitrogens with zero attached hydrogens (tertiary/aromatic N) is 2. The molecule has 0 atom stereocenters. The third-order valence-corrected chi connectivity index (χ3v) is 5.15. The predicted molar refractivity (Wildman–Crippen MR) is 118 cm³/mol. The van der Waals surface area contributed by atoms with Crippen molar-refractivity contribution in [1.29, 1.82) is 0 Å². The Morgan fingerprint density at radius 1 is 0.966 bits per heavy atom. The monoisotopic (exact) mass is 404 g/mol. The van der Waals surface area contributed by atoms with Crippen LogP contribution in [0, 0.1) is 5.92 Å². The molecule has 0 spiro atoms. The third-order valence-electron chi connectivity index (χ3n) is 5.15. The molecule has 1 saturated heterocycles. The summed E-state index contributed by atoms with van der Waals surface area (Å²) in [5, 5.41) is 0. The Kier molecular flexibility index (Phi) is 10.7. The molecule has 2 rings (SSSR count). The molecular weight excluding hydrogens is 364 g/mol. The van der Waals surface area contributed by atoms with Gasteiger partial charge in [0.1, 0.15) is 0 Å². The van der Waals surface area contributed by atoms with E-state index in [1.54, 1.807) is 0 Å². The lowest BCUT2D eigenvalue weighted by molar-refractivity contribution is 0.0624. The number of unbranched alkanes of at least 4 members (excludes halogenated alkanes) is 2. The first-order valence-corrected chi connectivity index (χ1v) is 11.3. The van der Waals surface area contributed by atoms with Crippen LogP contribution < -0.4 is 0 Å². The fourth-order valence-corrected chi connectivity index (χ4v) is 3.45. The molecule has 1 amide bonds. The van der Waals surface area contributed by atoms with Crippen LogP contribution in [0.4, 0.5) is 0 Å². The van der Waals surface area contributed by atoms with Gasteiger partial charge in [-0.3, -0.25) is 9.69 Å². The second kappa shape index (κ2) is 13.0. The zero-order chi connectivity index (χ0) is 21.1. The second-order valence-corrected chi connectivity index (χ2v) is 8.72.